The third-order valence-corrected chi connectivity index (χ3v) is 2.12. The lowest BCUT2D eigenvalue weighted by atomic mass is 10.00. The van der Waals surface area contributed by atoms with Gasteiger partial charge in [0.05, 0.1) is 25.2 Å². The second-order valence-electron chi connectivity index (χ2n) is 3.12. The summed E-state index contributed by atoms with van der Waals surface area (Å²) in [6.07, 6.45) is -5.05. The first-order valence-corrected chi connectivity index (χ1v) is 4.49. The molecule has 0 amide bonds. The number of methoxy groups -OCH3 is 1. The summed E-state index contributed by atoms with van der Waals surface area (Å²) >= 11 is 0. The molecule has 0 fully saturated rings. The van der Waals surface area contributed by atoms with Crippen LogP contribution in [0, 0.1) is 22.7 Å². The largest absolute Gasteiger partial charge is 0.495 e. The van der Waals surface area contributed by atoms with Gasteiger partial charge in [-0.25, -0.2) is 0 Å². The molecule has 0 N–H and O–H groups in total. The van der Waals surface area contributed by atoms with Crippen molar-refractivity contribution in [3.05, 3.63) is 28.8 Å². The maximum absolute atomic E-state index is 12.8. The van der Waals surface area contributed by atoms with Crippen LogP contribution >= 0.6 is 0 Å². The number of rotatable bonds is 2. The standard InChI is InChI=1S/C11H7F3N2O/c1-17-10-8(6-16)3-2-7(4-5-15)9(10)11(12,13)14/h2-3H,4H2,1H3. The summed E-state index contributed by atoms with van der Waals surface area (Å²) in [4.78, 5) is 0. The fourth-order valence-electron chi connectivity index (χ4n) is 1.47. The van der Waals surface area contributed by atoms with Gasteiger partial charge in [0, 0.05) is 0 Å². The number of hydrogen-bond acceptors (Lipinski definition) is 3. The summed E-state index contributed by atoms with van der Waals surface area (Å²) in [6, 6.07) is 5.59. The summed E-state index contributed by atoms with van der Waals surface area (Å²) in [5, 5.41) is 17.2. The van der Waals surface area contributed by atoms with E-state index in [-0.39, 0.29) is 11.1 Å². The molecule has 0 saturated carbocycles. The van der Waals surface area contributed by atoms with Crippen molar-refractivity contribution in [2.75, 3.05) is 7.11 Å². The quantitative estimate of drug-likeness (QED) is 0.798. The third-order valence-electron chi connectivity index (χ3n) is 2.12. The summed E-state index contributed by atoms with van der Waals surface area (Å²) in [7, 11) is 1.06. The van der Waals surface area contributed by atoms with E-state index in [1.165, 1.54) is 6.07 Å². The fourth-order valence-corrected chi connectivity index (χ4v) is 1.47. The maximum Gasteiger partial charge on any atom is 0.420 e. The summed E-state index contributed by atoms with van der Waals surface area (Å²) < 4.78 is 43.1. The van der Waals surface area contributed by atoms with Crippen LogP contribution in [0.2, 0.25) is 0 Å². The Morgan fingerprint density at radius 3 is 2.35 bits per heavy atom. The van der Waals surface area contributed by atoms with E-state index in [1.54, 1.807) is 12.1 Å². The summed E-state index contributed by atoms with van der Waals surface area (Å²) in [5.74, 6) is -0.534. The van der Waals surface area contributed by atoms with Gasteiger partial charge in [-0.15, -0.1) is 0 Å². The maximum atomic E-state index is 12.8. The monoisotopic (exact) mass is 240 g/mol. The molecule has 3 nitrogen and oxygen atoms in total. The second kappa shape index (κ2) is 4.75. The van der Waals surface area contributed by atoms with Gasteiger partial charge in [0.2, 0.25) is 0 Å². The van der Waals surface area contributed by atoms with Crippen LogP contribution < -0.4 is 4.74 Å². The van der Waals surface area contributed by atoms with E-state index < -0.39 is 23.9 Å². The zero-order chi connectivity index (χ0) is 13.1. The highest BCUT2D eigenvalue weighted by atomic mass is 19.4. The Labute approximate surface area is 95.7 Å². The summed E-state index contributed by atoms with van der Waals surface area (Å²) in [5.41, 5.74) is -1.46. The van der Waals surface area contributed by atoms with Crippen LogP contribution in [0.5, 0.6) is 5.75 Å². The number of halogens is 3. The average Bonchev–Trinajstić information content (AvgIpc) is 2.27. The molecular formula is C11H7F3N2O. The Morgan fingerprint density at radius 2 is 1.94 bits per heavy atom. The zero-order valence-corrected chi connectivity index (χ0v) is 8.80. The minimum absolute atomic E-state index is 0.198. The van der Waals surface area contributed by atoms with E-state index >= 15 is 0 Å². The van der Waals surface area contributed by atoms with Gasteiger partial charge < -0.3 is 4.74 Å². The van der Waals surface area contributed by atoms with Gasteiger partial charge in [0.15, 0.2) is 0 Å². The van der Waals surface area contributed by atoms with Gasteiger partial charge in [-0.2, -0.15) is 23.7 Å². The number of hydrogen-bond donors (Lipinski definition) is 0. The van der Waals surface area contributed by atoms with Crippen molar-refractivity contribution in [1.29, 1.82) is 10.5 Å². The minimum Gasteiger partial charge on any atom is -0.495 e. The molecular weight excluding hydrogens is 233 g/mol. The highest BCUT2D eigenvalue weighted by molar-refractivity contribution is 5.53. The molecule has 6 heteroatoms. The van der Waals surface area contributed by atoms with Crippen LogP contribution in [0.1, 0.15) is 16.7 Å². The Hall–Kier alpha value is -2.21. The Kier molecular flexibility index (Phi) is 3.59. The molecule has 1 aromatic rings. The molecule has 0 spiro atoms. The highest BCUT2D eigenvalue weighted by Crippen LogP contribution is 2.40. The van der Waals surface area contributed by atoms with Crippen LogP contribution in [0.15, 0.2) is 12.1 Å². The molecule has 0 aliphatic heterocycles. The van der Waals surface area contributed by atoms with E-state index in [4.69, 9.17) is 10.5 Å². The Morgan fingerprint density at radius 1 is 1.29 bits per heavy atom. The number of alkyl halides is 3. The van der Waals surface area contributed by atoms with Crippen LogP contribution in [0.3, 0.4) is 0 Å². The van der Waals surface area contributed by atoms with Crippen LogP contribution in [0.4, 0.5) is 13.2 Å². The molecule has 0 aromatic heterocycles. The zero-order valence-electron chi connectivity index (χ0n) is 8.80. The first-order chi connectivity index (χ1) is 7.95. The second-order valence-corrected chi connectivity index (χ2v) is 3.12. The SMILES string of the molecule is COc1c(C#N)ccc(CC#N)c1C(F)(F)F. The molecule has 1 rings (SSSR count). The van der Waals surface area contributed by atoms with Crippen molar-refractivity contribution in [2.45, 2.75) is 12.6 Å². The van der Waals surface area contributed by atoms with Gasteiger partial charge in [-0.3, -0.25) is 0 Å². The predicted molar refractivity (Wildman–Crippen MR) is 52.0 cm³/mol. The lowest BCUT2D eigenvalue weighted by Gasteiger charge is -2.16. The Bertz CT molecular complexity index is 509. The topological polar surface area (TPSA) is 56.8 Å². The molecule has 0 saturated heterocycles. The van der Waals surface area contributed by atoms with Crippen molar-refractivity contribution >= 4 is 0 Å². The van der Waals surface area contributed by atoms with Crippen molar-refractivity contribution in [1.82, 2.24) is 0 Å². The number of ether oxygens (including phenoxy) is 1. The molecule has 1 aromatic carbocycles. The minimum atomic E-state index is -4.66. The number of benzene rings is 1. The molecule has 0 aliphatic carbocycles. The number of nitrogens with zero attached hydrogens (tertiary/aromatic N) is 2. The predicted octanol–water partition coefficient (Wildman–Crippen LogP) is 2.65. The molecule has 0 heterocycles. The van der Waals surface area contributed by atoms with Crippen molar-refractivity contribution in [3.8, 4) is 17.9 Å². The smallest absolute Gasteiger partial charge is 0.420 e. The van der Waals surface area contributed by atoms with E-state index in [0.29, 0.717) is 0 Å². The van der Waals surface area contributed by atoms with E-state index in [0.717, 1.165) is 13.2 Å². The van der Waals surface area contributed by atoms with E-state index in [2.05, 4.69) is 4.74 Å². The first-order valence-electron chi connectivity index (χ1n) is 4.49. The van der Waals surface area contributed by atoms with Crippen molar-refractivity contribution in [3.63, 3.8) is 0 Å². The third kappa shape index (κ3) is 2.48. The molecule has 17 heavy (non-hydrogen) atoms. The number of nitriles is 2. The van der Waals surface area contributed by atoms with Crippen LogP contribution in [0.25, 0.3) is 0 Å². The lowest BCUT2D eigenvalue weighted by molar-refractivity contribution is -0.139. The van der Waals surface area contributed by atoms with E-state index in [9.17, 15) is 13.2 Å². The van der Waals surface area contributed by atoms with Gasteiger partial charge in [-0.1, -0.05) is 6.07 Å². The average molecular weight is 240 g/mol. The molecule has 0 radical (unpaired) electrons. The van der Waals surface area contributed by atoms with E-state index in [1.807, 2.05) is 0 Å². The summed E-state index contributed by atoms with van der Waals surface area (Å²) in [6.45, 7) is 0. The van der Waals surface area contributed by atoms with Gasteiger partial charge in [0.25, 0.3) is 0 Å². The molecule has 0 aliphatic rings. The van der Waals surface area contributed by atoms with Gasteiger partial charge in [0.1, 0.15) is 17.4 Å². The van der Waals surface area contributed by atoms with Crippen LogP contribution in [-0.2, 0) is 12.6 Å². The fraction of sp³-hybridized carbons (Fsp3) is 0.273. The normalized spacial score (nSPS) is 10.5. The van der Waals surface area contributed by atoms with Gasteiger partial charge in [-0.05, 0) is 11.6 Å². The first kappa shape index (κ1) is 12.9. The highest BCUT2D eigenvalue weighted by Gasteiger charge is 2.38. The lowest BCUT2D eigenvalue weighted by Crippen LogP contribution is -2.12. The van der Waals surface area contributed by atoms with Crippen molar-refractivity contribution < 1.29 is 17.9 Å². The van der Waals surface area contributed by atoms with Crippen molar-refractivity contribution in [2.24, 2.45) is 0 Å². The molecule has 0 bridgehead atoms. The van der Waals surface area contributed by atoms with Gasteiger partial charge >= 0.3 is 6.18 Å². The van der Waals surface area contributed by atoms with Crippen LogP contribution in [-0.4, -0.2) is 7.11 Å². The molecule has 88 valence electrons. The Balaban J connectivity index is 3.59. The molecule has 0 unspecified atom stereocenters. The molecule has 0 atom stereocenters.